The zero-order chi connectivity index (χ0) is 21.5. The molecule has 2 aromatic heterocycles. The van der Waals surface area contributed by atoms with Crippen molar-refractivity contribution in [2.75, 3.05) is 17.5 Å². The monoisotopic (exact) mass is 456 g/mol. The van der Waals surface area contributed by atoms with E-state index < -0.39 is 0 Å². The van der Waals surface area contributed by atoms with Crippen LogP contribution in [0.25, 0.3) is 11.3 Å². The van der Waals surface area contributed by atoms with Crippen LogP contribution in [0.5, 0.6) is 5.75 Å². The zero-order valence-electron chi connectivity index (χ0n) is 17.4. The summed E-state index contributed by atoms with van der Waals surface area (Å²) in [6.45, 7) is 4.50. The number of halogens is 1. The average Bonchev–Trinajstić information content (AvgIpc) is 3.46. The smallest absolute Gasteiger partial charge is 0.131 e. The van der Waals surface area contributed by atoms with Gasteiger partial charge in [0, 0.05) is 36.8 Å². The van der Waals surface area contributed by atoms with Crippen LogP contribution in [0.15, 0.2) is 61.2 Å². The Morgan fingerprint density at radius 2 is 1.94 bits per heavy atom. The Kier molecular flexibility index (Phi) is 7.32. The van der Waals surface area contributed by atoms with Gasteiger partial charge in [-0.25, -0.2) is 4.98 Å². The van der Waals surface area contributed by atoms with Crippen LogP contribution in [0.2, 0.25) is 5.15 Å². The Morgan fingerprint density at radius 1 is 1.06 bits per heavy atom. The lowest BCUT2D eigenvalue weighted by Crippen LogP contribution is -2.11. The molecule has 0 saturated heterocycles. The van der Waals surface area contributed by atoms with E-state index in [0.717, 1.165) is 61.7 Å². The summed E-state index contributed by atoms with van der Waals surface area (Å²) in [4.78, 5) is 5.71. The molecule has 1 aliphatic rings. The van der Waals surface area contributed by atoms with Crippen LogP contribution >= 0.6 is 23.7 Å². The minimum Gasteiger partial charge on any atom is -0.494 e. The molecule has 0 radical (unpaired) electrons. The van der Waals surface area contributed by atoms with Crippen molar-refractivity contribution in [3.05, 3.63) is 66.3 Å². The third-order valence-corrected chi connectivity index (χ3v) is 6.02. The lowest BCUT2D eigenvalue weighted by molar-refractivity contribution is 0.304. The van der Waals surface area contributed by atoms with Crippen molar-refractivity contribution in [1.82, 2.24) is 24.3 Å². The third-order valence-electron chi connectivity index (χ3n) is 4.79. The molecule has 9 heteroatoms. The number of aryl methyl sites for hydroxylation is 1. The van der Waals surface area contributed by atoms with Gasteiger partial charge in [-0.1, -0.05) is 11.6 Å². The summed E-state index contributed by atoms with van der Waals surface area (Å²) in [7, 11) is 0. The lowest BCUT2D eigenvalue weighted by Gasteiger charge is -2.19. The van der Waals surface area contributed by atoms with Gasteiger partial charge in [0.05, 0.1) is 37.2 Å². The van der Waals surface area contributed by atoms with Crippen molar-refractivity contribution in [3.63, 3.8) is 0 Å². The van der Waals surface area contributed by atoms with Crippen LogP contribution in [-0.4, -0.2) is 37.4 Å². The quantitative estimate of drug-likeness (QED) is 0.229. The maximum absolute atomic E-state index is 5.98. The summed E-state index contributed by atoms with van der Waals surface area (Å²) in [6.07, 6.45) is 10.9. The van der Waals surface area contributed by atoms with E-state index in [0.29, 0.717) is 5.15 Å². The van der Waals surface area contributed by atoms with E-state index in [1.807, 2.05) is 49.5 Å². The summed E-state index contributed by atoms with van der Waals surface area (Å²) < 4.78 is 10.2. The van der Waals surface area contributed by atoms with Crippen LogP contribution in [0.4, 0.5) is 5.69 Å². The average molecular weight is 457 g/mol. The van der Waals surface area contributed by atoms with E-state index in [-0.39, 0.29) is 0 Å². The molecule has 4 rings (SSSR count). The highest BCUT2D eigenvalue weighted by molar-refractivity contribution is 7.98. The first kappa shape index (κ1) is 21.5. The Labute approximate surface area is 191 Å². The fourth-order valence-electron chi connectivity index (χ4n) is 3.12. The Morgan fingerprint density at radius 3 is 2.71 bits per heavy atom. The van der Waals surface area contributed by atoms with E-state index in [1.54, 1.807) is 29.3 Å². The van der Waals surface area contributed by atoms with Gasteiger partial charge in [0.25, 0.3) is 0 Å². The molecule has 0 fully saturated rings. The molecule has 3 heterocycles. The highest BCUT2D eigenvalue weighted by Crippen LogP contribution is 2.32. The lowest BCUT2D eigenvalue weighted by atomic mass is 10.2. The van der Waals surface area contributed by atoms with Crippen molar-refractivity contribution < 1.29 is 4.74 Å². The van der Waals surface area contributed by atoms with Gasteiger partial charge in [-0.15, -0.1) is 0 Å². The van der Waals surface area contributed by atoms with Crippen molar-refractivity contribution in [1.29, 1.82) is 0 Å². The van der Waals surface area contributed by atoms with Gasteiger partial charge >= 0.3 is 0 Å². The van der Waals surface area contributed by atoms with Crippen LogP contribution < -0.4 is 9.04 Å². The first-order valence-corrected chi connectivity index (χ1v) is 11.5. The fourth-order valence-corrected chi connectivity index (χ4v) is 4.15. The van der Waals surface area contributed by atoms with E-state index in [2.05, 4.69) is 30.0 Å². The van der Waals surface area contributed by atoms with E-state index in [4.69, 9.17) is 16.3 Å². The third kappa shape index (κ3) is 5.92. The van der Waals surface area contributed by atoms with Gasteiger partial charge in [-0.3, -0.25) is 4.31 Å². The fraction of sp³-hybridized carbons (Fsp3) is 0.318. The molecule has 0 spiro atoms. The molecular formula is C22H25ClN6OS. The second-order valence-corrected chi connectivity index (χ2v) is 8.45. The number of aromatic nitrogens is 4. The van der Waals surface area contributed by atoms with Crippen molar-refractivity contribution in [2.45, 2.75) is 32.7 Å². The maximum Gasteiger partial charge on any atom is 0.131 e. The molecule has 0 atom stereocenters. The summed E-state index contributed by atoms with van der Waals surface area (Å²) in [5, 5.41) is 9.15. The van der Waals surface area contributed by atoms with Crippen molar-refractivity contribution in [2.24, 2.45) is 0 Å². The van der Waals surface area contributed by atoms with Gasteiger partial charge in [0.2, 0.25) is 0 Å². The minimum absolute atomic E-state index is 0.504. The Balaban J connectivity index is 1.12. The van der Waals surface area contributed by atoms with Gasteiger partial charge in [0.1, 0.15) is 16.6 Å². The van der Waals surface area contributed by atoms with Crippen LogP contribution in [0.1, 0.15) is 26.2 Å². The predicted octanol–water partition coefficient (Wildman–Crippen LogP) is 5.42. The normalized spacial score (nSPS) is 13.2. The molecule has 31 heavy (non-hydrogen) atoms. The molecule has 0 saturated carbocycles. The number of nitrogens with zero attached hydrogens (tertiary/aromatic N) is 6. The molecule has 3 aromatic rings. The maximum atomic E-state index is 5.98. The Bertz CT molecular complexity index is 1010. The number of ether oxygens (including phenoxy) is 1. The highest BCUT2D eigenvalue weighted by atomic mass is 35.5. The summed E-state index contributed by atoms with van der Waals surface area (Å²) in [6, 6.07) is 11.8. The molecule has 1 aromatic carbocycles. The number of anilines is 1. The van der Waals surface area contributed by atoms with E-state index in [1.165, 1.54) is 0 Å². The first-order chi connectivity index (χ1) is 15.2. The van der Waals surface area contributed by atoms with Crippen molar-refractivity contribution in [3.8, 4) is 17.0 Å². The molecule has 1 aliphatic heterocycles. The number of unbranched alkanes of at least 4 members (excludes halogenated alkanes) is 2. The molecule has 0 amide bonds. The van der Waals surface area contributed by atoms with E-state index >= 15 is 0 Å². The van der Waals surface area contributed by atoms with Gasteiger partial charge in [0.15, 0.2) is 0 Å². The molecule has 162 valence electrons. The van der Waals surface area contributed by atoms with Crippen molar-refractivity contribution >= 4 is 29.4 Å². The summed E-state index contributed by atoms with van der Waals surface area (Å²) in [5.41, 5.74) is 2.96. The molecule has 0 aliphatic carbocycles. The Hall–Kier alpha value is -2.71. The predicted molar refractivity (Wildman–Crippen MR) is 126 cm³/mol. The number of hydrogen-bond acceptors (Lipinski definition) is 7. The number of pyridine rings is 1. The molecule has 0 bridgehead atoms. The topological polar surface area (TPSA) is 59.3 Å². The molecule has 7 nitrogen and oxygen atoms in total. The second-order valence-electron chi connectivity index (χ2n) is 7.03. The van der Waals surface area contributed by atoms with Gasteiger partial charge in [-0.2, -0.15) is 15.0 Å². The largest absolute Gasteiger partial charge is 0.494 e. The van der Waals surface area contributed by atoms with E-state index in [9.17, 15) is 0 Å². The number of hydrogen-bond donors (Lipinski definition) is 0. The standard InChI is InChI=1S/C22H25ClN6OS/c1-2-29-25-17-21(26-29)18-6-8-20(9-7-18)30-15-5-3-4-12-27-13-14-28(31-27)19-10-11-24-22(23)16-19/h6-11,13-14,16-17H,2-5,12,15H2,1H3. The van der Waals surface area contributed by atoms with Gasteiger partial charge < -0.3 is 9.04 Å². The number of rotatable bonds is 10. The molecule has 0 N–H and O–H groups in total. The van der Waals surface area contributed by atoms with Gasteiger partial charge in [-0.05, 0) is 56.5 Å². The van der Waals surface area contributed by atoms with Crippen LogP contribution in [-0.2, 0) is 6.54 Å². The van der Waals surface area contributed by atoms with Crippen LogP contribution in [0.3, 0.4) is 0 Å². The number of benzene rings is 1. The zero-order valence-corrected chi connectivity index (χ0v) is 19.0. The SMILES string of the molecule is CCn1ncc(-c2ccc(OCCCCCN3C=CN(c4ccnc(Cl)c4)S3)cc2)n1. The summed E-state index contributed by atoms with van der Waals surface area (Å²) >= 11 is 7.64. The minimum atomic E-state index is 0.504. The molecule has 0 unspecified atom stereocenters. The van der Waals surface area contributed by atoms with Crippen LogP contribution in [0, 0.1) is 0 Å². The first-order valence-electron chi connectivity index (χ1n) is 10.4. The highest BCUT2D eigenvalue weighted by Gasteiger charge is 2.15. The second kappa shape index (κ2) is 10.5. The molecular weight excluding hydrogens is 432 g/mol. The summed E-state index contributed by atoms with van der Waals surface area (Å²) in [5.74, 6) is 0.885.